The number of nitrogens with zero attached hydrogens (tertiary/aromatic N) is 3. The number of carbonyl (C=O) groups excluding carboxylic acids is 1. The van der Waals surface area contributed by atoms with Gasteiger partial charge in [-0.15, -0.1) is 0 Å². The van der Waals surface area contributed by atoms with Gasteiger partial charge in [0.05, 0.1) is 16.3 Å². The zero-order valence-corrected chi connectivity index (χ0v) is 17.6. The molecule has 0 aliphatic carbocycles. The van der Waals surface area contributed by atoms with Crippen LogP contribution in [0.25, 0.3) is 5.69 Å². The van der Waals surface area contributed by atoms with Gasteiger partial charge in [-0.2, -0.15) is 5.10 Å². The molecular formula is C22H25ClN6O. The van der Waals surface area contributed by atoms with E-state index in [4.69, 9.17) is 11.6 Å². The van der Waals surface area contributed by atoms with Gasteiger partial charge in [-0.25, -0.2) is 4.68 Å². The number of hydrogen-bond donors (Lipinski definition) is 3. The molecule has 1 amide bonds. The van der Waals surface area contributed by atoms with E-state index in [-0.39, 0.29) is 5.91 Å². The third-order valence-electron chi connectivity index (χ3n) is 4.46. The molecule has 0 atom stereocenters. The number of halogens is 1. The number of benzene rings is 2. The van der Waals surface area contributed by atoms with Crippen molar-refractivity contribution >= 4 is 23.5 Å². The van der Waals surface area contributed by atoms with Crippen LogP contribution in [0.4, 0.5) is 0 Å². The van der Waals surface area contributed by atoms with Gasteiger partial charge in [0.1, 0.15) is 0 Å². The summed E-state index contributed by atoms with van der Waals surface area (Å²) in [7, 11) is 1.72. The fraction of sp³-hybridized carbons (Fsp3) is 0.227. The van der Waals surface area contributed by atoms with Crippen molar-refractivity contribution in [3.05, 3.63) is 83.1 Å². The van der Waals surface area contributed by atoms with Crippen molar-refractivity contribution in [3.63, 3.8) is 0 Å². The van der Waals surface area contributed by atoms with Gasteiger partial charge in [0.15, 0.2) is 5.96 Å². The molecule has 0 fully saturated rings. The average molecular weight is 425 g/mol. The van der Waals surface area contributed by atoms with E-state index in [2.05, 4.69) is 50.3 Å². The van der Waals surface area contributed by atoms with Gasteiger partial charge in [-0.05, 0) is 42.3 Å². The summed E-state index contributed by atoms with van der Waals surface area (Å²) in [6.45, 7) is 1.75. The molecule has 0 aliphatic heterocycles. The van der Waals surface area contributed by atoms with Crippen LogP contribution in [0.5, 0.6) is 0 Å². The lowest BCUT2D eigenvalue weighted by molar-refractivity contribution is 0.0954. The quantitative estimate of drug-likeness (QED) is 0.295. The molecule has 0 saturated carbocycles. The van der Waals surface area contributed by atoms with Gasteiger partial charge in [0, 0.05) is 39.1 Å². The van der Waals surface area contributed by atoms with Crippen LogP contribution in [0, 0.1) is 0 Å². The van der Waals surface area contributed by atoms with Crippen LogP contribution in [-0.4, -0.2) is 48.3 Å². The summed E-state index contributed by atoms with van der Waals surface area (Å²) in [4.78, 5) is 16.3. The molecule has 0 bridgehead atoms. The minimum Gasteiger partial charge on any atom is -0.356 e. The first-order valence-electron chi connectivity index (χ1n) is 9.73. The Bertz CT molecular complexity index is 970. The van der Waals surface area contributed by atoms with Gasteiger partial charge < -0.3 is 16.0 Å². The average Bonchev–Trinajstić information content (AvgIpc) is 3.31. The maximum Gasteiger partial charge on any atom is 0.252 e. The van der Waals surface area contributed by atoms with E-state index in [0.29, 0.717) is 29.6 Å². The largest absolute Gasteiger partial charge is 0.356 e. The second kappa shape index (κ2) is 11.0. The highest BCUT2D eigenvalue weighted by atomic mass is 35.5. The van der Waals surface area contributed by atoms with Gasteiger partial charge in [0.25, 0.3) is 5.91 Å². The molecule has 7 nitrogen and oxygen atoms in total. The summed E-state index contributed by atoms with van der Waals surface area (Å²) >= 11 is 6.04. The Balaban J connectivity index is 1.36. The third-order valence-corrected chi connectivity index (χ3v) is 4.79. The molecule has 0 radical (unpaired) electrons. The van der Waals surface area contributed by atoms with Crippen molar-refractivity contribution < 1.29 is 4.79 Å². The molecule has 0 aliphatic rings. The van der Waals surface area contributed by atoms with Crippen molar-refractivity contribution in [2.24, 2.45) is 4.99 Å². The van der Waals surface area contributed by atoms with Crippen LogP contribution >= 0.6 is 11.6 Å². The van der Waals surface area contributed by atoms with Crippen LogP contribution in [0.2, 0.25) is 5.02 Å². The molecule has 3 aromatic rings. The van der Waals surface area contributed by atoms with Gasteiger partial charge in [-0.1, -0.05) is 35.9 Å². The van der Waals surface area contributed by atoms with E-state index in [0.717, 1.165) is 18.7 Å². The maximum absolute atomic E-state index is 12.1. The standard InChI is InChI=1S/C22H25ClN6O/c1-24-22(27-15-14-25-21(30)19-5-2-3-6-20(19)23)26-13-11-17-7-9-18(10-8-17)29-16-4-12-28-29/h2-10,12,16H,11,13-15H2,1H3,(H,25,30)(H2,24,26,27). The summed E-state index contributed by atoms with van der Waals surface area (Å²) in [5, 5.41) is 14.0. The lowest BCUT2D eigenvalue weighted by atomic mass is 10.1. The molecule has 3 N–H and O–H groups in total. The van der Waals surface area contributed by atoms with Crippen LogP contribution < -0.4 is 16.0 Å². The molecule has 0 unspecified atom stereocenters. The normalized spacial score (nSPS) is 11.2. The Morgan fingerprint density at radius 3 is 2.43 bits per heavy atom. The summed E-state index contributed by atoms with van der Waals surface area (Å²) in [5.41, 5.74) is 2.73. The van der Waals surface area contributed by atoms with Crippen molar-refractivity contribution in [1.29, 1.82) is 0 Å². The second-order valence-electron chi connectivity index (χ2n) is 6.53. The van der Waals surface area contributed by atoms with E-state index in [1.807, 2.05) is 16.9 Å². The summed E-state index contributed by atoms with van der Waals surface area (Å²) < 4.78 is 1.83. The predicted octanol–water partition coefficient (Wildman–Crippen LogP) is 2.66. The smallest absolute Gasteiger partial charge is 0.252 e. The Morgan fingerprint density at radius 1 is 1.00 bits per heavy atom. The van der Waals surface area contributed by atoms with Crippen LogP contribution in [0.15, 0.2) is 72.0 Å². The lowest BCUT2D eigenvalue weighted by Gasteiger charge is -2.13. The number of hydrogen-bond acceptors (Lipinski definition) is 3. The lowest BCUT2D eigenvalue weighted by Crippen LogP contribution is -2.42. The summed E-state index contributed by atoms with van der Waals surface area (Å²) in [6.07, 6.45) is 4.55. The van der Waals surface area contributed by atoms with E-state index in [1.165, 1.54) is 5.56 Å². The number of guanidine groups is 1. The van der Waals surface area contributed by atoms with Gasteiger partial charge in [-0.3, -0.25) is 9.79 Å². The van der Waals surface area contributed by atoms with E-state index in [1.54, 1.807) is 37.5 Å². The van der Waals surface area contributed by atoms with Crippen molar-refractivity contribution in [3.8, 4) is 5.69 Å². The van der Waals surface area contributed by atoms with Crippen molar-refractivity contribution in [2.75, 3.05) is 26.7 Å². The molecule has 0 spiro atoms. The molecule has 1 aromatic heterocycles. The number of aliphatic imine (C=N–C) groups is 1. The Morgan fingerprint density at radius 2 is 1.73 bits per heavy atom. The molecule has 8 heteroatoms. The number of nitrogens with one attached hydrogen (secondary N) is 3. The first-order valence-corrected chi connectivity index (χ1v) is 10.1. The molecule has 156 valence electrons. The highest BCUT2D eigenvalue weighted by Crippen LogP contribution is 2.14. The van der Waals surface area contributed by atoms with Crippen molar-refractivity contribution in [1.82, 2.24) is 25.7 Å². The molecule has 2 aromatic carbocycles. The monoisotopic (exact) mass is 424 g/mol. The number of rotatable bonds is 8. The van der Waals surface area contributed by atoms with Crippen LogP contribution in [0.3, 0.4) is 0 Å². The number of carbonyl (C=O) groups is 1. The first-order chi connectivity index (χ1) is 14.7. The van der Waals surface area contributed by atoms with Crippen LogP contribution in [-0.2, 0) is 6.42 Å². The predicted molar refractivity (Wildman–Crippen MR) is 120 cm³/mol. The molecule has 30 heavy (non-hydrogen) atoms. The zero-order valence-electron chi connectivity index (χ0n) is 16.8. The third kappa shape index (κ3) is 6.09. The van der Waals surface area contributed by atoms with E-state index in [9.17, 15) is 4.79 Å². The van der Waals surface area contributed by atoms with E-state index < -0.39 is 0 Å². The zero-order chi connectivity index (χ0) is 21.2. The number of aromatic nitrogens is 2. The molecule has 0 saturated heterocycles. The maximum atomic E-state index is 12.1. The minimum absolute atomic E-state index is 0.191. The van der Waals surface area contributed by atoms with Crippen molar-refractivity contribution in [2.45, 2.75) is 6.42 Å². The highest BCUT2D eigenvalue weighted by molar-refractivity contribution is 6.33. The molecular weight excluding hydrogens is 400 g/mol. The fourth-order valence-electron chi connectivity index (χ4n) is 2.88. The molecule has 3 rings (SSSR count). The SMILES string of the molecule is CN=C(NCCNC(=O)c1ccccc1Cl)NCCc1ccc(-n2cccn2)cc1. The van der Waals surface area contributed by atoms with Gasteiger partial charge >= 0.3 is 0 Å². The summed E-state index contributed by atoms with van der Waals surface area (Å²) in [6, 6.07) is 17.2. The first kappa shape index (κ1) is 21.4. The van der Waals surface area contributed by atoms with Crippen LogP contribution in [0.1, 0.15) is 15.9 Å². The highest BCUT2D eigenvalue weighted by Gasteiger charge is 2.08. The van der Waals surface area contributed by atoms with E-state index >= 15 is 0 Å². The minimum atomic E-state index is -0.191. The Labute approximate surface area is 181 Å². The topological polar surface area (TPSA) is 83.3 Å². The number of amides is 1. The van der Waals surface area contributed by atoms with Gasteiger partial charge in [0.2, 0.25) is 0 Å². The Kier molecular flexibility index (Phi) is 7.86. The summed E-state index contributed by atoms with van der Waals surface area (Å²) in [5.74, 6) is 0.499. The molecule has 1 heterocycles. The Hall–Kier alpha value is -3.32. The fourth-order valence-corrected chi connectivity index (χ4v) is 3.10. The second-order valence-corrected chi connectivity index (χ2v) is 6.94.